The first kappa shape index (κ1) is 16.9. The topological polar surface area (TPSA) is 49.8 Å². The van der Waals surface area contributed by atoms with Crippen LogP contribution in [0.25, 0.3) is 0 Å². The normalized spacial score (nSPS) is 30.1. The fraction of sp³-hybridized carbons (Fsp3) is 0.667. The van der Waals surface area contributed by atoms with E-state index in [4.69, 9.17) is 4.74 Å². The number of aliphatic hydroxyl groups is 1. The van der Waals surface area contributed by atoms with E-state index < -0.39 is 5.60 Å². The third kappa shape index (κ3) is 3.41. The Morgan fingerprint density at radius 1 is 1.08 bits per heavy atom. The summed E-state index contributed by atoms with van der Waals surface area (Å²) in [5.74, 6) is 1.01. The van der Waals surface area contributed by atoms with Gasteiger partial charge in [0.15, 0.2) is 0 Å². The van der Waals surface area contributed by atoms with Crippen molar-refractivity contribution >= 4 is 5.91 Å². The van der Waals surface area contributed by atoms with E-state index in [1.54, 1.807) is 0 Å². The Kier molecular flexibility index (Phi) is 4.72. The monoisotopic (exact) mass is 343 g/mol. The van der Waals surface area contributed by atoms with E-state index >= 15 is 0 Å². The Morgan fingerprint density at radius 2 is 1.84 bits per heavy atom. The highest BCUT2D eigenvalue weighted by molar-refractivity contribution is 5.97. The highest BCUT2D eigenvalue weighted by Crippen LogP contribution is 2.40. The second-order valence-corrected chi connectivity index (χ2v) is 8.07. The third-order valence-electron chi connectivity index (χ3n) is 6.43. The molecular weight excluding hydrogens is 314 g/mol. The first-order chi connectivity index (χ1) is 12.2. The zero-order chi connectivity index (χ0) is 17.3. The number of hydrogen-bond acceptors (Lipinski definition) is 3. The van der Waals surface area contributed by atoms with E-state index in [-0.39, 0.29) is 17.9 Å². The molecule has 1 aliphatic heterocycles. The fourth-order valence-electron chi connectivity index (χ4n) is 4.86. The van der Waals surface area contributed by atoms with Crippen LogP contribution in [0.2, 0.25) is 0 Å². The molecule has 1 aromatic carbocycles. The van der Waals surface area contributed by atoms with Crippen molar-refractivity contribution in [1.82, 2.24) is 4.90 Å². The quantitative estimate of drug-likeness (QED) is 0.909. The molecule has 136 valence electrons. The molecular formula is C21H29NO3. The van der Waals surface area contributed by atoms with Crippen molar-refractivity contribution in [3.63, 3.8) is 0 Å². The SMILES string of the molecule is O=C(c1ccccc1OC1CCCC1)N1CCC2(O)CCCCC2C1. The number of benzene rings is 1. The number of fused-ring (bicyclic) bond motifs is 1. The number of ether oxygens (including phenoxy) is 1. The van der Waals surface area contributed by atoms with Crippen LogP contribution < -0.4 is 4.74 Å². The van der Waals surface area contributed by atoms with Gasteiger partial charge < -0.3 is 14.7 Å². The maximum Gasteiger partial charge on any atom is 0.257 e. The van der Waals surface area contributed by atoms with Gasteiger partial charge in [-0.1, -0.05) is 25.0 Å². The van der Waals surface area contributed by atoms with Gasteiger partial charge >= 0.3 is 0 Å². The molecule has 1 aromatic rings. The molecule has 4 rings (SSSR count). The van der Waals surface area contributed by atoms with Gasteiger partial charge in [-0.15, -0.1) is 0 Å². The van der Waals surface area contributed by atoms with E-state index in [0.717, 1.165) is 44.3 Å². The van der Waals surface area contributed by atoms with Gasteiger partial charge in [0.2, 0.25) is 0 Å². The number of carbonyl (C=O) groups is 1. The Hall–Kier alpha value is -1.55. The van der Waals surface area contributed by atoms with Gasteiger partial charge in [-0.05, 0) is 57.1 Å². The second-order valence-electron chi connectivity index (χ2n) is 8.07. The van der Waals surface area contributed by atoms with Crippen molar-refractivity contribution in [3.05, 3.63) is 29.8 Å². The summed E-state index contributed by atoms with van der Waals surface area (Å²) in [5.41, 5.74) is 0.130. The second kappa shape index (κ2) is 6.99. The summed E-state index contributed by atoms with van der Waals surface area (Å²) in [5, 5.41) is 10.8. The molecule has 1 N–H and O–H groups in total. The molecule has 0 aromatic heterocycles. The molecule has 1 amide bonds. The molecule has 1 heterocycles. The summed E-state index contributed by atoms with van der Waals surface area (Å²) in [4.78, 5) is 15.1. The third-order valence-corrected chi connectivity index (χ3v) is 6.43. The number of carbonyl (C=O) groups excluding carboxylic acids is 1. The largest absolute Gasteiger partial charge is 0.490 e. The number of nitrogens with zero attached hydrogens (tertiary/aromatic N) is 1. The smallest absolute Gasteiger partial charge is 0.257 e. The van der Waals surface area contributed by atoms with Crippen LogP contribution in [0.3, 0.4) is 0 Å². The minimum atomic E-state index is -0.547. The van der Waals surface area contributed by atoms with Gasteiger partial charge in [-0.25, -0.2) is 0 Å². The lowest BCUT2D eigenvalue weighted by atomic mass is 9.71. The molecule has 0 bridgehead atoms. The molecule has 4 heteroatoms. The number of hydrogen-bond donors (Lipinski definition) is 1. The first-order valence-corrected chi connectivity index (χ1v) is 9.93. The van der Waals surface area contributed by atoms with E-state index in [0.29, 0.717) is 25.1 Å². The van der Waals surface area contributed by atoms with Crippen LogP contribution in [0.1, 0.15) is 68.1 Å². The lowest BCUT2D eigenvalue weighted by Gasteiger charge is -2.47. The summed E-state index contributed by atoms with van der Waals surface area (Å²) >= 11 is 0. The number of para-hydroxylation sites is 1. The molecule has 2 atom stereocenters. The summed E-state index contributed by atoms with van der Waals surface area (Å²) < 4.78 is 6.15. The van der Waals surface area contributed by atoms with Crippen LogP contribution in [0.4, 0.5) is 0 Å². The van der Waals surface area contributed by atoms with Gasteiger partial charge in [0.25, 0.3) is 5.91 Å². The highest BCUT2D eigenvalue weighted by atomic mass is 16.5. The minimum absolute atomic E-state index is 0.0567. The van der Waals surface area contributed by atoms with Crippen molar-refractivity contribution in [1.29, 1.82) is 0 Å². The lowest BCUT2D eigenvalue weighted by Crippen LogP contribution is -2.54. The van der Waals surface area contributed by atoms with Gasteiger partial charge in [0.1, 0.15) is 5.75 Å². The number of likely N-dealkylation sites (tertiary alicyclic amines) is 1. The molecule has 2 unspecified atom stereocenters. The van der Waals surface area contributed by atoms with Crippen molar-refractivity contribution in [2.75, 3.05) is 13.1 Å². The number of rotatable bonds is 3. The van der Waals surface area contributed by atoms with Crippen LogP contribution in [0.5, 0.6) is 5.75 Å². The van der Waals surface area contributed by atoms with Crippen LogP contribution >= 0.6 is 0 Å². The average Bonchev–Trinajstić information content (AvgIpc) is 3.14. The molecule has 2 aliphatic carbocycles. The molecule has 3 aliphatic rings. The lowest BCUT2D eigenvalue weighted by molar-refractivity contribution is -0.0886. The molecule has 0 spiro atoms. The Bertz CT molecular complexity index is 625. The Morgan fingerprint density at radius 3 is 2.68 bits per heavy atom. The van der Waals surface area contributed by atoms with E-state index in [9.17, 15) is 9.90 Å². The van der Waals surface area contributed by atoms with Gasteiger partial charge in [0, 0.05) is 19.0 Å². The maximum atomic E-state index is 13.1. The molecule has 0 radical (unpaired) electrons. The Labute approximate surface area is 150 Å². The summed E-state index contributed by atoms with van der Waals surface area (Å²) in [6.07, 6.45) is 9.74. The molecule has 1 saturated heterocycles. The summed E-state index contributed by atoms with van der Waals surface area (Å²) in [6, 6.07) is 7.66. The predicted molar refractivity (Wildman–Crippen MR) is 96.8 cm³/mol. The highest BCUT2D eigenvalue weighted by Gasteiger charge is 2.44. The molecule has 25 heavy (non-hydrogen) atoms. The van der Waals surface area contributed by atoms with Crippen LogP contribution in [0.15, 0.2) is 24.3 Å². The fourth-order valence-corrected chi connectivity index (χ4v) is 4.86. The summed E-state index contributed by atoms with van der Waals surface area (Å²) in [7, 11) is 0. The number of piperidine rings is 1. The molecule has 4 nitrogen and oxygen atoms in total. The van der Waals surface area contributed by atoms with Gasteiger partial charge in [-0.2, -0.15) is 0 Å². The van der Waals surface area contributed by atoms with Crippen molar-refractivity contribution < 1.29 is 14.6 Å². The number of amides is 1. The summed E-state index contributed by atoms with van der Waals surface area (Å²) in [6.45, 7) is 1.32. The van der Waals surface area contributed by atoms with Crippen molar-refractivity contribution in [2.24, 2.45) is 5.92 Å². The van der Waals surface area contributed by atoms with E-state index in [1.165, 1.54) is 12.8 Å². The average molecular weight is 343 g/mol. The van der Waals surface area contributed by atoms with E-state index in [2.05, 4.69) is 0 Å². The molecule has 2 saturated carbocycles. The standard InChI is InChI=1S/C21H29NO3/c23-20(22-14-13-21(24)12-6-5-7-16(21)15-22)18-10-3-4-11-19(18)25-17-8-1-2-9-17/h3-4,10-11,16-17,24H,1-2,5-9,12-15H2. The van der Waals surface area contributed by atoms with Crippen LogP contribution in [-0.4, -0.2) is 40.7 Å². The van der Waals surface area contributed by atoms with E-state index in [1.807, 2.05) is 29.2 Å². The Balaban J connectivity index is 1.49. The van der Waals surface area contributed by atoms with Crippen LogP contribution in [0, 0.1) is 5.92 Å². The minimum Gasteiger partial charge on any atom is -0.490 e. The predicted octanol–water partition coefficient (Wildman–Crippen LogP) is 3.78. The van der Waals surface area contributed by atoms with Gasteiger partial charge in [0.05, 0.1) is 17.3 Å². The van der Waals surface area contributed by atoms with Crippen molar-refractivity contribution in [3.8, 4) is 5.75 Å². The van der Waals surface area contributed by atoms with Crippen molar-refractivity contribution in [2.45, 2.75) is 69.5 Å². The maximum absolute atomic E-state index is 13.1. The first-order valence-electron chi connectivity index (χ1n) is 9.93. The zero-order valence-electron chi connectivity index (χ0n) is 15.0. The zero-order valence-corrected chi connectivity index (χ0v) is 15.0. The van der Waals surface area contributed by atoms with Gasteiger partial charge in [-0.3, -0.25) is 4.79 Å². The van der Waals surface area contributed by atoms with Crippen LogP contribution in [-0.2, 0) is 0 Å². The molecule has 3 fully saturated rings.